The Morgan fingerprint density at radius 2 is 2.00 bits per heavy atom. The number of aromatic hydroxyl groups is 1. The number of phenolic OH excluding ortho intramolecular Hbond substituents is 1. The van der Waals surface area contributed by atoms with Crippen molar-refractivity contribution in [1.82, 2.24) is 15.1 Å². The standard InChI is InChI=1S/C14H19N3O/c1-9-14(10(2)16-15-9)12-6-5-11(7-13(12)18)8-17(3)4/h5-7,18H,8H2,1-4H3,(H,15,16). The average Bonchev–Trinajstić information content (AvgIpc) is 2.59. The number of hydrogen-bond acceptors (Lipinski definition) is 3. The molecule has 0 saturated heterocycles. The maximum Gasteiger partial charge on any atom is 0.123 e. The number of phenols is 1. The number of aromatic nitrogens is 2. The number of hydrogen-bond donors (Lipinski definition) is 2. The maximum absolute atomic E-state index is 10.2. The van der Waals surface area contributed by atoms with Crippen LogP contribution in [0.4, 0.5) is 0 Å². The van der Waals surface area contributed by atoms with Gasteiger partial charge in [-0.3, -0.25) is 5.10 Å². The molecule has 0 fully saturated rings. The summed E-state index contributed by atoms with van der Waals surface area (Å²) in [6.07, 6.45) is 0. The molecule has 0 bridgehead atoms. The lowest BCUT2D eigenvalue weighted by molar-refractivity contribution is 0.400. The van der Waals surface area contributed by atoms with E-state index in [0.717, 1.165) is 34.6 Å². The van der Waals surface area contributed by atoms with Gasteiger partial charge in [0.15, 0.2) is 0 Å². The topological polar surface area (TPSA) is 52.2 Å². The molecular formula is C14H19N3O. The highest BCUT2D eigenvalue weighted by Crippen LogP contribution is 2.33. The van der Waals surface area contributed by atoms with Gasteiger partial charge in [-0.05, 0) is 39.6 Å². The van der Waals surface area contributed by atoms with Gasteiger partial charge in [0.25, 0.3) is 0 Å². The molecule has 0 saturated carbocycles. The van der Waals surface area contributed by atoms with Crippen LogP contribution in [0.3, 0.4) is 0 Å². The smallest absolute Gasteiger partial charge is 0.123 e. The Morgan fingerprint density at radius 3 is 2.50 bits per heavy atom. The van der Waals surface area contributed by atoms with E-state index in [1.807, 2.05) is 46.1 Å². The number of H-pyrrole nitrogens is 1. The summed E-state index contributed by atoms with van der Waals surface area (Å²) >= 11 is 0. The van der Waals surface area contributed by atoms with Crippen molar-refractivity contribution in [3.05, 3.63) is 35.2 Å². The third-order valence-electron chi connectivity index (χ3n) is 2.96. The van der Waals surface area contributed by atoms with Gasteiger partial charge in [-0.1, -0.05) is 12.1 Å². The molecule has 0 atom stereocenters. The summed E-state index contributed by atoms with van der Waals surface area (Å²) in [5.74, 6) is 0.307. The van der Waals surface area contributed by atoms with Gasteiger partial charge in [-0.25, -0.2) is 0 Å². The van der Waals surface area contributed by atoms with Gasteiger partial charge in [0.05, 0.1) is 5.69 Å². The van der Waals surface area contributed by atoms with E-state index in [1.165, 1.54) is 0 Å². The van der Waals surface area contributed by atoms with E-state index in [1.54, 1.807) is 0 Å². The Bertz CT molecular complexity index is 539. The summed E-state index contributed by atoms with van der Waals surface area (Å²) in [7, 11) is 4.02. The summed E-state index contributed by atoms with van der Waals surface area (Å²) in [6.45, 7) is 4.71. The van der Waals surface area contributed by atoms with E-state index in [9.17, 15) is 5.11 Å². The van der Waals surface area contributed by atoms with Gasteiger partial charge in [-0.2, -0.15) is 5.10 Å². The molecule has 0 radical (unpaired) electrons. The lowest BCUT2D eigenvalue weighted by Crippen LogP contribution is -2.10. The van der Waals surface area contributed by atoms with E-state index in [2.05, 4.69) is 15.1 Å². The Balaban J connectivity index is 2.42. The van der Waals surface area contributed by atoms with Gasteiger partial charge >= 0.3 is 0 Å². The zero-order valence-corrected chi connectivity index (χ0v) is 11.3. The van der Waals surface area contributed by atoms with Gasteiger partial charge in [0, 0.05) is 23.4 Å². The first-order chi connectivity index (χ1) is 8.49. The van der Waals surface area contributed by atoms with Crippen molar-refractivity contribution in [3.8, 4) is 16.9 Å². The SMILES string of the molecule is Cc1n[nH]c(C)c1-c1ccc(CN(C)C)cc1O. The van der Waals surface area contributed by atoms with Crippen LogP contribution >= 0.6 is 0 Å². The molecule has 0 spiro atoms. The number of nitrogens with one attached hydrogen (secondary N) is 1. The molecule has 0 unspecified atom stereocenters. The molecule has 96 valence electrons. The van der Waals surface area contributed by atoms with Crippen molar-refractivity contribution in [2.24, 2.45) is 0 Å². The second kappa shape index (κ2) is 4.82. The largest absolute Gasteiger partial charge is 0.507 e. The highest BCUT2D eigenvalue weighted by atomic mass is 16.3. The van der Waals surface area contributed by atoms with Crippen LogP contribution in [0.15, 0.2) is 18.2 Å². The number of aryl methyl sites for hydroxylation is 2. The number of rotatable bonds is 3. The minimum Gasteiger partial charge on any atom is -0.507 e. The Labute approximate surface area is 107 Å². The van der Waals surface area contributed by atoms with Crippen LogP contribution in [-0.2, 0) is 6.54 Å². The first-order valence-corrected chi connectivity index (χ1v) is 5.97. The van der Waals surface area contributed by atoms with Crippen LogP contribution in [0.1, 0.15) is 17.0 Å². The van der Waals surface area contributed by atoms with E-state index in [-0.39, 0.29) is 0 Å². The predicted octanol–water partition coefficient (Wildman–Crippen LogP) is 2.46. The molecule has 4 nitrogen and oxygen atoms in total. The maximum atomic E-state index is 10.2. The molecule has 2 N–H and O–H groups in total. The summed E-state index contributed by atoms with van der Waals surface area (Å²) in [4.78, 5) is 2.07. The van der Waals surface area contributed by atoms with Gasteiger partial charge < -0.3 is 10.0 Å². The van der Waals surface area contributed by atoms with Crippen LogP contribution in [0.25, 0.3) is 11.1 Å². The molecule has 1 aromatic heterocycles. The summed E-state index contributed by atoms with van der Waals surface area (Å²) in [5.41, 5.74) is 4.80. The molecule has 18 heavy (non-hydrogen) atoms. The van der Waals surface area contributed by atoms with Gasteiger partial charge in [-0.15, -0.1) is 0 Å². The fourth-order valence-electron chi connectivity index (χ4n) is 2.20. The fourth-order valence-corrected chi connectivity index (χ4v) is 2.20. The number of aromatic amines is 1. The zero-order valence-electron chi connectivity index (χ0n) is 11.3. The monoisotopic (exact) mass is 245 g/mol. The Morgan fingerprint density at radius 1 is 1.28 bits per heavy atom. The third-order valence-corrected chi connectivity index (χ3v) is 2.96. The van der Waals surface area contributed by atoms with Crippen molar-refractivity contribution < 1.29 is 5.11 Å². The molecule has 1 aromatic carbocycles. The minimum absolute atomic E-state index is 0.307. The fraction of sp³-hybridized carbons (Fsp3) is 0.357. The van der Waals surface area contributed by atoms with Crippen LogP contribution in [0, 0.1) is 13.8 Å². The lowest BCUT2D eigenvalue weighted by atomic mass is 10.0. The number of benzene rings is 1. The molecule has 0 aliphatic heterocycles. The molecule has 1 heterocycles. The molecule has 2 aromatic rings. The Kier molecular flexibility index (Phi) is 3.39. The van der Waals surface area contributed by atoms with Crippen LogP contribution in [0.5, 0.6) is 5.75 Å². The predicted molar refractivity (Wildman–Crippen MR) is 72.6 cm³/mol. The lowest BCUT2D eigenvalue weighted by Gasteiger charge is -2.12. The second-order valence-electron chi connectivity index (χ2n) is 4.90. The van der Waals surface area contributed by atoms with Crippen LogP contribution < -0.4 is 0 Å². The van der Waals surface area contributed by atoms with E-state index in [4.69, 9.17) is 0 Å². The van der Waals surface area contributed by atoms with Crippen molar-refractivity contribution in [1.29, 1.82) is 0 Å². The Hall–Kier alpha value is -1.81. The van der Waals surface area contributed by atoms with Crippen molar-refractivity contribution in [2.75, 3.05) is 14.1 Å². The zero-order chi connectivity index (χ0) is 13.3. The molecule has 0 aliphatic rings. The van der Waals surface area contributed by atoms with Crippen molar-refractivity contribution in [2.45, 2.75) is 20.4 Å². The summed E-state index contributed by atoms with van der Waals surface area (Å²) in [6, 6.07) is 5.82. The normalized spacial score (nSPS) is 11.2. The molecular weight excluding hydrogens is 226 g/mol. The summed E-state index contributed by atoms with van der Waals surface area (Å²) in [5, 5.41) is 17.3. The highest BCUT2D eigenvalue weighted by molar-refractivity contribution is 5.74. The third kappa shape index (κ3) is 2.38. The van der Waals surface area contributed by atoms with Gasteiger partial charge in [0.2, 0.25) is 0 Å². The molecule has 0 amide bonds. The molecule has 4 heteroatoms. The minimum atomic E-state index is 0.307. The molecule has 2 rings (SSSR count). The van der Waals surface area contributed by atoms with E-state index < -0.39 is 0 Å². The van der Waals surface area contributed by atoms with Crippen molar-refractivity contribution >= 4 is 0 Å². The summed E-state index contributed by atoms with van der Waals surface area (Å²) < 4.78 is 0. The quantitative estimate of drug-likeness (QED) is 0.873. The number of nitrogens with zero attached hydrogens (tertiary/aromatic N) is 2. The highest BCUT2D eigenvalue weighted by Gasteiger charge is 2.13. The first kappa shape index (κ1) is 12.6. The van der Waals surface area contributed by atoms with E-state index in [0.29, 0.717) is 5.75 Å². The first-order valence-electron chi connectivity index (χ1n) is 5.97. The average molecular weight is 245 g/mol. The second-order valence-corrected chi connectivity index (χ2v) is 4.90. The van der Waals surface area contributed by atoms with Crippen LogP contribution in [0.2, 0.25) is 0 Å². The van der Waals surface area contributed by atoms with E-state index >= 15 is 0 Å². The molecule has 0 aliphatic carbocycles. The van der Waals surface area contributed by atoms with Crippen LogP contribution in [-0.4, -0.2) is 34.3 Å². The van der Waals surface area contributed by atoms with Crippen molar-refractivity contribution in [3.63, 3.8) is 0 Å². The van der Waals surface area contributed by atoms with Gasteiger partial charge in [0.1, 0.15) is 5.75 Å².